The maximum Gasteiger partial charge on any atom is 0.248 e. The van der Waals surface area contributed by atoms with Crippen molar-refractivity contribution in [3.8, 4) is 11.5 Å². The first-order valence-electron chi connectivity index (χ1n) is 10.2. The molecule has 1 amide bonds. The van der Waals surface area contributed by atoms with E-state index in [9.17, 15) is 4.79 Å². The Morgan fingerprint density at radius 1 is 1.10 bits per heavy atom. The highest BCUT2D eigenvalue weighted by Gasteiger charge is 2.19. The van der Waals surface area contributed by atoms with E-state index in [1.54, 1.807) is 11.3 Å². The van der Waals surface area contributed by atoms with Crippen molar-refractivity contribution in [2.45, 2.75) is 53.0 Å². The number of rotatable bonds is 9. The Balaban J connectivity index is 1.57. The number of hydrogen-bond acceptors (Lipinski definition) is 5. The van der Waals surface area contributed by atoms with Crippen LogP contribution in [0.5, 0.6) is 0 Å². The Bertz CT molecular complexity index is 899. The molecule has 0 aliphatic rings. The molecule has 0 saturated carbocycles. The van der Waals surface area contributed by atoms with Gasteiger partial charge in [0.2, 0.25) is 17.7 Å². The molecule has 2 aromatic heterocycles. The summed E-state index contributed by atoms with van der Waals surface area (Å²) in [4.78, 5) is 12.6. The van der Waals surface area contributed by atoms with Crippen LogP contribution in [0.15, 0.2) is 45.5 Å². The Kier molecular flexibility index (Phi) is 7.20. The molecule has 3 rings (SSSR count). The average Bonchev–Trinajstić information content (AvgIpc) is 3.36. The molecule has 0 bridgehead atoms. The SMILES string of the molecule is CC(C)Cc1ccc([C@H](NC(=O)CCc2nnc(-c3ccsc3)o2)C(C)C)cc1. The van der Waals surface area contributed by atoms with Gasteiger partial charge in [0.25, 0.3) is 0 Å². The van der Waals surface area contributed by atoms with Crippen LogP contribution >= 0.6 is 11.3 Å². The van der Waals surface area contributed by atoms with Gasteiger partial charge >= 0.3 is 0 Å². The molecule has 0 aliphatic carbocycles. The maximum absolute atomic E-state index is 12.6. The third-order valence-corrected chi connectivity index (χ3v) is 5.45. The average molecular weight is 412 g/mol. The van der Waals surface area contributed by atoms with Gasteiger partial charge in [-0.25, -0.2) is 0 Å². The van der Waals surface area contributed by atoms with Gasteiger partial charge in [-0.1, -0.05) is 52.0 Å². The number of carbonyl (C=O) groups excluding carboxylic acids is 1. The summed E-state index contributed by atoms with van der Waals surface area (Å²) in [6.07, 6.45) is 1.82. The van der Waals surface area contributed by atoms with Gasteiger partial charge in [0.1, 0.15) is 0 Å². The smallest absolute Gasteiger partial charge is 0.248 e. The van der Waals surface area contributed by atoms with Crippen LogP contribution in [0.4, 0.5) is 0 Å². The number of benzene rings is 1. The van der Waals surface area contributed by atoms with Crippen LogP contribution in [0.2, 0.25) is 0 Å². The standard InChI is InChI=1S/C23H29N3O2S/c1-15(2)13-17-5-7-18(8-6-17)22(16(3)4)24-20(27)9-10-21-25-26-23(28-21)19-11-12-29-14-19/h5-8,11-12,14-16,22H,9-10,13H2,1-4H3,(H,24,27)/t22-/m1/s1. The second-order valence-electron chi connectivity index (χ2n) is 8.14. The van der Waals surface area contributed by atoms with E-state index in [-0.39, 0.29) is 11.9 Å². The minimum atomic E-state index is -0.0142. The van der Waals surface area contributed by atoms with Crippen LogP contribution in [-0.4, -0.2) is 16.1 Å². The molecule has 0 unspecified atom stereocenters. The molecule has 1 N–H and O–H groups in total. The summed E-state index contributed by atoms with van der Waals surface area (Å²) in [5, 5.41) is 15.2. The molecule has 0 spiro atoms. The summed E-state index contributed by atoms with van der Waals surface area (Å²) in [6.45, 7) is 8.69. The van der Waals surface area contributed by atoms with Gasteiger partial charge in [-0.05, 0) is 40.8 Å². The third-order valence-electron chi connectivity index (χ3n) is 4.77. The maximum atomic E-state index is 12.6. The van der Waals surface area contributed by atoms with Crippen LogP contribution in [-0.2, 0) is 17.6 Å². The highest BCUT2D eigenvalue weighted by molar-refractivity contribution is 7.08. The van der Waals surface area contributed by atoms with Crippen LogP contribution in [0.3, 0.4) is 0 Å². The summed E-state index contributed by atoms with van der Waals surface area (Å²) >= 11 is 1.58. The first-order chi connectivity index (χ1) is 13.9. The fraction of sp³-hybridized carbons (Fsp3) is 0.435. The highest BCUT2D eigenvalue weighted by atomic mass is 32.1. The number of carbonyl (C=O) groups is 1. The minimum Gasteiger partial charge on any atom is -0.421 e. The van der Waals surface area contributed by atoms with Gasteiger partial charge in [-0.15, -0.1) is 10.2 Å². The molecule has 0 radical (unpaired) electrons. The Morgan fingerprint density at radius 2 is 1.86 bits per heavy atom. The van der Waals surface area contributed by atoms with Crippen molar-refractivity contribution < 1.29 is 9.21 Å². The fourth-order valence-corrected chi connectivity index (χ4v) is 3.92. The summed E-state index contributed by atoms with van der Waals surface area (Å²) in [5.41, 5.74) is 3.38. The van der Waals surface area contributed by atoms with Gasteiger partial charge in [-0.3, -0.25) is 4.79 Å². The fourth-order valence-electron chi connectivity index (χ4n) is 3.29. The number of nitrogens with zero attached hydrogens (tertiary/aromatic N) is 2. The van der Waals surface area contributed by atoms with E-state index in [1.165, 1.54) is 5.56 Å². The minimum absolute atomic E-state index is 0.00904. The number of aryl methyl sites for hydroxylation is 1. The molecule has 154 valence electrons. The monoisotopic (exact) mass is 411 g/mol. The zero-order valence-corrected chi connectivity index (χ0v) is 18.3. The molecule has 5 nitrogen and oxygen atoms in total. The molecular weight excluding hydrogens is 382 g/mol. The molecular formula is C23H29N3O2S. The zero-order valence-electron chi connectivity index (χ0n) is 17.5. The lowest BCUT2D eigenvalue weighted by atomic mass is 9.93. The molecule has 2 heterocycles. The normalized spacial score (nSPS) is 12.5. The lowest BCUT2D eigenvalue weighted by molar-refractivity contribution is -0.122. The van der Waals surface area contributed by atoms with Crippen LogP contribution < -0.4 is 5.32 Å². The van der Waals surface area contributed by atoms with Crippen molar-refractivity contribution in [1.82, 2.24) is 15.5 Å². The number of aromatic nitrogens is 2. The van der Waals surface area contributed by atoms with E-state index in [0.29, 0.717) is 36.5 Å². The Hall–Kier alpha value is -2.47. The highest BCUT2D eigenvalue weighted by Crippen LogP contribution is 2.24. The molecule has 6 heteroatoms. The number of thiophene rings is 1. The molecule has 29 heavy (non-hydrogen) atoms. The van der Waals surface area contributed by atoms with Gasteiger partial charge in [0.05, 0.1) is 6.04 Å². The summed E-state index contributed by atoms with van der Waals surface area (Å²) in [7, 11) is 0. The number of amides is 1. The Morgan fingerprint density at radius 3 is 2.48 bits per heavy atom. The predicted molar refractivity (Wildman–Crippen MR) is 117 cm³/mol. The second kappa shape index (κ2) is 9.83. The molecule has 1 aromatic carbocycles. The summed E-state index contributed by atoms with van der Waals surface area (Å²) in [6, 6.07) is 10.5. The van der Waals surface area contributed by atoms with Crippen LogP contribution in [0.1, 0.15) is 57.2 Å². The van der Waals surface area contributed by atoms with E-state index in [4.69, 9.17) is 4.42 Å². The van der Waals surface area contributed by atoms with Gasteiger partial charge in [-0.2, -0.15) is 11.3 Å². The van der Waals surface area contributed by atoms with Crippen LogP contribution in [0, 0.1) is 11.8 Å². The largest absolute Gasteiger partial charge is 0.421 e. The second-order valence-corrected chi connectivity index (χ2v) is 8.92. The van der Waals surface area contributed by atoms with Crippen molar-refractivity contribution in [2.75, 3.05) is 0 Å². The summed E-state index contributed by atoms with van der Waals surface area (Å²) in [5.74, 6) is 1.91. The van der Waals surface area contributed by atoms with E-state index in [1.807, 2.05) is 16.8 Å². The molecule has 0 fully saturated rings. The van der Waals surface area contributed by atoms with Gasteiger partial charge in [0.15, 0.2) is 0 Å². The third kappa shape index (κ3) is 6.00. The van der Waals surface area contributed by atoms with E-state index >= 15 is 0 Å². The molecule has 1 atom stereocenters. The lowest BCUT2D eigenvalue weighted by Crippen LogP contribution is -2.31. The molecule has 3 aromatic rings. The molecule has 0 aliphatic heterocycles. The quantitative estimate of drug-likeness (QED) is 0.509. The zero-order chi connectivity index (χ0) is 20.8. The molecule has 0 saturated heterocycles. The van der Waals surface area contributed by atoms with Crippen molar-refractivity contribution in [1.29, 1.82) is 0 Å². The van der Waals surface area contributed by atoms with E-state index in [2.05, 4.69) is 67.5 Å². The van der Waals surface area contributed by atoms with Crippen molar-refractivity contribution >= 4 is 17.2 Å². The predicted octanol–water partition coefficient (Wildman–Crippen LogP) is 5.44. The van der Waals surface area contributed by atoms with Crippen molar-refractivity contribution in [3.63, 3.8) is 0 Å². The van der Waals surface area contributed by atoms with Gasteiger partial charge < -0.3 is 9.73 Å². The lowest BCUT2D eigenvalue weighted by Gasteiger charge is -2.23. The van der Waals surface area contributed by atoms with Crippen molar-refractivity contribution in [3.05, 3.63) is 58.1 Å². The van der Waals surface area contributed by atoms with Crippen molar-refractivity contribution in [2.24, 2.45) is 11.8 Å². The topological polar surface area (TPSA) is 68.0 Å². The van der Waals surface area contributed by atoms with E-state index < -0.39 is 0 Å². The summed E-state index contributed by atoms with van der Waals surface area (Å²) < 4.78 is 5.66. The van der Waals surface area contributed by atoms with Gasteiger partial charge in [0, 0.05) is 23.8 Å². The first kappa shape index (κ1) is 21.2. The van der Waals surface area contributed by atoms with E-state index in [0.717, 1.165) is 17.5 Å². The Labute approximate surface area is 176 Å². The number of hydrogen-bond donors (Lipinski definition) is 1. The number of nitrogens with one attached hydrogen (secondary N) is 1. The van der Waals surface area contributed by atoms with Crippen LogP contribution in [0.25, 0.3) is 11.5 Å². The first-order valence-corrected chi connectivity index (χ1v) is 11.1.